The number of hydrogen-bond acceptors (Lipinski definition) is 2. The van der Waals surface area contributed by atoms with Gasteiger partial charge in [-0.15, -0.1) is 11.8 Å². The van der Waals surface area contributed by atoms with Gasteiger partial charge in [0.05, 0.1) is 11.6 Å². The van der Waals surface area contributed by atoms with Crippen LogP contribution in [-0.2, 0) is 12.0 Å². The van der Waals surface area contributed by atoms with Crippen molar-refractivity contribution in [2.24, 2.45) is 0 Å². The first-order valence-electron chi connectivity index (χ1n) is 10.1. The fourth-order valence-corrected chi connectivity index (χ4v) is 5.00. The van der Waals surface area contributed by atoms with Crippen molar-refractivity contribution in [2.45, 2.75) is 49.8 Å². The third-order valence-electron chi connectivity index (χ3n) is 5.42. The Morgan fingerprint density at radius 2 is 1.79 bits per heavy atom. The van der Waals surface area contributed by atoms with E-state index in [0.29, 0.717) is 5.25 Å². The summed E-state index contributed by atoms with van der Waals surface area (Å²) in [6, 6.07) is 22.3. The number of benzene rings is 3. The van der Waals surface area contributed by atoms with E-state index in [-0.39, 0.29) is 5.41 Å². The molecule has 0 fully saturated rings. The molecule has 0 aliphatic carbocycles. The number of thioether (sulfide) groups is 1. The maximum absolute atomic E-state index is 4.25. The molecule has 0 spiro atoms. The van der Waals surface area contributed by atoms with Crippen LogP contribution < -0.4 is 0 Å². The van der Waals surface area contributed by atoms with Crippen molar-refractivity contribution < 1.29 is 0 Å². The molecule has 3 heteroatoms. The van der Waals surface area contributed by atoms with E-state index in [1.807, 2.05) is 30.5 Å². The number of rotatable bonds is 5. The summed E-state index contributed by atoms with van der Waals surface area (Å²) in [6.45, 7) is 9.93. The first-order valence-corrected chi connectivity index (χ1v) is 11.0. The molecule has 0 N–H and O–H groups in total. The zero-order chi connectivity index (χ0) is 20.4. The Labute approximate surface area is 178 Å². The summed E-state index contributed by atoms with van der Waals surface area (Å²) in [6.07, 6.45) is 5.82. The van der Waals surface area contributed by atoms with Crippen molar-refractivity contribution in [3.05, 3.63) is 96.1 Å². The molecule has 0 saturated carbocycles. The van der Waals surface area contributed by atoms with Gasteiger partial charge in [-0.25, -0.2) is 4.98 Å². The zero-order valence-electron chi connectivity index (χ0n) is 17.6. The van der Waals surface area contributed by atoms with E-state index in [9.17, 15) is 0 Å². The maximum atomic E-state index is 4.25. The number of aromatic nitrogens is 2. The average Bonchev–Trinajstić information content (AvgIpc) is 3.21. The molecule has 29 heavy (non-hydrogen) atoms. The second kappa shape index (κ2) is 8.08. The minimum absolute atomic E-state index is 0.166. The molecule has 1 aromatic heterocycles. The van der Waals surface area contributed by atoms with Crippen LogP contribution in [0.15, 0.2) is 84.3 Å². The van der Waals surface area contributed by atoms with E-state index in [1.165, 1.54) is 32.4 Å². The van der Waals surface area contributed by atoms with Crippen LogP contribution in [0, 0.1) is 6.92 Å². The van der Waals surface area contributed by atoms with Crippen LogP contribution in [0.4, 0.5) is 0 Å². The lowest BCUT2D eigenvalue weighted by Crippen LogP contribution is -2.11. The lowest BCUT2D eigenvalue weighted by atomic mass is 9.86. The Morgan fingerprint density at radius 1 is 1.00 bits per heavy atom. The van der Waals surface area contributed by atoms with Gasteiger partial charge in [-0.1, -0.05) is 75.4 Å². The molecule has 0 aliphatic heterocycles. The van der Waals surface area contributed by atoms with Crippen molar-refractivity contribution in [2.75, 3.05) is 0 Å². The summed E-state index contributed by atoms with van der Waals surface area (Å²) in [5.41, 5.74) is 4.27. The van der Waals surface area contributed by atoms with E-state index in [1.54, 1.807) is 0 Å². The van der Waals surface area contributed by atoms with Gasteiger partial charge in [0.25, 0.3) is 0 Å². The molecule has 2 nitrogen and oxygen atoms in total. The van der Waals surface area contributed by atoms with Crippen LogP contribution >= 0.6 is 11.8 Å². The van der Waals surface area contributed by atoms with E-state index >= 15 is 0 Å². The topological polar surface area (TPSA) is 17.8 Å². The molecule has 1 heterocycles. The van der Waals surface area contributed by atoms with Gasteiger partial charge in [0.1, 0.15) is 0 Å². The van der Waals surface area contributed by atoms with Crippen LogP contribution in [0.1, 0.15) is 42.7 Å². The third-order valence-corrected chi connectivity index (χ3v) is 6.82. The van der Waals surface area contributed by atoms with E-state index in [2.05, 4.69) is 97.9 Å². The Bertz CT molecular complexity index is 1100. The summed E-state index contributed by atoms with van der Waals surface area (Å²) in [5, 5.41) is 2.92. The Morgan fingerprint density at radius 3 is 2.52 bits per heavy atom. The second-order valence-corrected chi connectivity index (χ2v) is 9.91. The molecule has 0 amide bonds. The van der Waals surface area contributed by atoms with Crippen molar-refractivity contribution in [1.29, 1.82) is 0 Å². The minimum Gasteiger partial charge on any atom is -0.336 e. The number of nitrogens with zero attached hydrogens (tertiary/aromatic N) is 2. The van der Waals surface area contributed by atoms with Gasteiger partial charge >= 0.3 is 0 Å². The monoisotopic (exact) mass is 400 g/mol. The summed E-state index contributed by atoms with van der Waals surface area (Å²) >= 11 is 1.95. The molecule has 1 unspecified atom stereocenters. The smallest absolute Gasteiger partial charge is 0.0946 e. The highest BCUT2D eigenvalue weighted by molar-refractivity contribution is 7.99. The van der Waals surface area contributed by atoms with E-state index in [0.717, 1.165) is 6.54 Å². The fraction of sp³-hybridized carbons (Fsp3) is 0.269. The van der Waals surface area contributed by atoms with Crippen LogP contribution in [0.25, 0.3) is 10.8 Å². The van der Waals surface area contributed by atoms with Crippen molar-refractivity contribution >= 4 is 22.5 Å². The van der Waals surface area contributed by atoms with Crippen molar-refractivity contribution in [3.63, 3.8) is 0 Å². The summed E-state index contributed by atoms with van der Waals surface area (Å²) in [7, 11) is 0. The molecular weight excluding hydrogens is 372 g/mol. The largest absolute Gasteiger partial charge is 0.336 e. The Balaban J connectivity index is 1.74. The van der Waals surface area contributed by atoms with E-state index in [4.69, 9.17) is 0 Å². The van der Waals surface area contributed by atoms with Gasteiger partial charge < -0.3 is 4.57 Å². The minimum atomic E-state index is 0.166. The molecule has 0 saturated heterocycles. The molecule has 1 atom stereocenters. The molecule has 0 aliphatic rings. The Hall–Kier alpha value is -2.52. The first-order chi connectivity index (χ1) is 13.9. The predicted octanol–water partition coefficient (Wildman–Crippen LogP) is 7.18. The van der Waals surface area contributed by atoms with Gasteiger partial charge in [0.2, 0.25) is 0 Å². The highest BCUT2D eigenvalue weighted by Gasteiger charge is 2.19. The maximum Gasteiger partial charge on any atom is 0.0946 e. The third kappa shape index (κ3) is 4.40. The molecule has 3 aromatic carbocycles. The fourth-order valence-electron chi connectivity index (χ4n) is 3.72. The number of hydrogen-bond donors (Lipinski definition) is 0. The molecule has 0 bridgehead atoms. The summed E-state index contributed by atoms with van der Waals surface area (Å²) in [5.74, 6) is 0. The highest BCUT2D eigenvalue weighted by Crippen LogP contribution is 2.41. The number of aryl methyl sites for hydroxylation is 1. The van der Waals surface area contributed by atoms with Gasteiger partial charge in [0.15, 0.2) is 0 Å². The molecule has 148 valence electrons. The van der Waals surface area contributed by atoms with Gasteiger partial charge in [-0.3, -0.25) is 0 Å². The molecular formula is C26H28N2S. The molecule has 4 aromatic rings. The predicted molar refractivity (Wildman–Crippen MR) is 125 cm³/mol. The molecule has 4 rings (SSSR count). The quantitative estimate of drug-likeness (QED) is 0.330. The van der Waals surface area contributed by atoms with Crippen LogP contribution in [0.3, 0.4) is 0 Å². The van der Waals surface area contributed by atoms with E-state index < -0.39 is 0 Å². The van der Waals surface area contributed by atoms with Crippen LogP contribution in [-0.4, -0.2) is 9.55 Å². The Kier molecular flexibility index (Phi) is 5.51. The van der Waals surface area contributed by atoms with Gasteiger partial charge in [0, 0.05) is 23.8 Å². The second-order valence-electron chi connectivity index (χ2n) is 8.66. The average molecular weight is 401 g/mol. The number of imidazole rings is 1. The standard InChI is InChI=1S/C26H28N2S/c1-19-16-21(26(2,3)4)12-13-24(19)29-25(17-28-15-14-27-18-28)23-11-7-9-20-8-5-6-10-22(20)23/h5-16,18,25H,17H2,1-4H3. The highest BCUT2D eigenvalue weighted by atomic mass is 32.2. The van der Waals surface area contributed by atoms with Gasteiger partial charge in [-0.05, 0) is 45.9 Å². The number of fused-ring (bicyclic) bond motifs is 1. The summed E-state index contributed by atoms with van der Waals surface area (Å²) in [4.78, 5) is 5.59. The zero-order valence-corrected chi connectivity index (χ0v) is 18.4. The van der Waals surface area contributed by atoms with Crippen LogP contribution in [0.5, 0.6) is 0 Å². The lowest BCUT2D eigenvalue weighted by Gasteiger charge is -2.23. The SMILES string of the molecule is Cc1cc(C(C)(C)C)ccc1SC(Cn1ccnc1)c1cccc2ccccc12. The summed E-state index contributed by atoms with van der Waals surface area (Å²) < 4.78 is 2.18. The van der Waals surface area contributed by atoms with Crippen LogP contribution in [0.2, 0.25) is 0 Å². The normalized spacial score (nSPS) is 13.0. The van der Waals surface area contributed by atoms with Crippen molar-refractivity contribution in [3.8, 4) is 0 Å². The molecule has 0 radical (unpaired) electrons. The van der Waals surface area contributed by atoms with Crippen molar-refractivity contribution in [1.82, 2.24) is 9.55 Å². The van der Waals surface area contributed by atoms with Gasteiger partial charge in [-0.2, -0.15) is 0 Å². The lowest BCUT2D eigenvalue weighted by molar-refractivity contribution is 0.589. The first kappa shape index (κ1) is 19.8.